The van der Waals surface area contributed by atoms with Crippen LogP contribution < -0.4 is 11.5 Å². The van der Waals surface area contributed by atoms with Crippen LogP contribution in [0.3, 0.4) is 0 Å². The summed E-state index contributed by atoms with van der Waals surface area (Å²) in [7, 11) is -4.67. The van der Waals surface area contributed by atoms with Gasteiger partial charge in [0.05, 0.1) is 16.3 Å². The summed E-state index contributed by atoms with van der Waals surface area (Å²) in [6.45, 7) is 0. The Kier molecular flexibility index (Phi) is 28.2. The van der Waals surface area contributed by atoms with Gasteiger partial charge in [-0.25, -0.2) is 0 Å². The number of guanidine groups is 1. The summed E-state index contributed by atoms with van der Waals surface area (Å²) in [5, 5.41) is 8.02. The Balaban J connectivity index is -0.0000000725. The van der Waals surface area contributed by atoms with Crippen LogP contribution in [0.5, 0.6) is 0 Å². The molecule has 1 aromatic rings. The molecule has 16 heteroatoms. The summed E-state index contributed by atoms with van der Waals surface area (Å²) in [5.41, 5.74) is 10.7. The van der Waals surface area contributed by atoms with Gasteiger partial charge in [0, 0.05) is 5.56 Å². The molecule has 1 rings (SSSR count). The third kappa shape index (κ3) is 22.7. The van der Waals surface area contributed by atoms with Gasteiger partial charge in [0.2, 0.25) is 5.96 Å². The zero-order chi connectivity index (χ0) is 15.1. The molecule has 0 heterocycles. The van der Waals surface area contributed by atoms with E-state index in [4.69, 9.17) is 52.2 Å². The summed E-state index contributed by atoms with van der Waals surface area (Å²) >= 11 is 11.7. The number of nitrogens with two attached hydrogens (primary N) is 2. The van der Waals surface area contributed by atoms with Gasteiger partial charge >= 0.3 is 10.4 Å². The Morgan fingerprint density at radius 3 is 1.62 bits per heavy atom. The molecule has 0 amide bonds. The van der Waals surface area contributed by atoms with E-state index >= 15 is 0 Å². The molecule has 16 N–H and O–H groups in total. The van der Waals surface area contributed by atoms with Gasteiger partial charge in [-0.3, -0.25) is 9.11 Å². The SMILES string of the molecule is NC(N)=N/N=C/c1c(Cl)cccc1Cl.O.O.O.O.O.O=S(=O)(O)O. The van der Waals surface area contributed by atoms with Crippen molar-refractivity contribution in [3.8, 4) is 0 Å². The zero-order valence-electron chi connectivity index (χ0n) is 11.7. The molecule has 1 aromatic carbocycles. The van der Waals surface area contributed by atoms with Crippen molar-refractivity contribution in [3.63, 3.8) is 0 Å². The largest absolute Gasteiger partial charge is 0.412 e. The van der Waals surface area contributed by atoms with E-state index in [2.05, 4.69) is 10.2 Å². The predicted molar refractivity (Wildman–Crippen MR) is 92.1 cm³/mol. The first-order valence-corrected chi connectivity index (χ1v) is 6.52. The third-order valence-electron chi connectivity index (χ3n) is 1.36. The molecule has 0 spiro atoms. The van der Waals surface area contributed by atoms with E-state index in [0.717, 1.165) is 0 Å². The molecule has 0 unspecified atom stereocenters. The van der Waals surface area contributed by atoms with Crippen LogP contribution in [0.2, 0.25) is 10.0 Å². The van der Waals surface area contributed by atoms with Gasteiger partial charge in [0.1, 0.15) is 0 Å². The molecule has 0 fully saturated rings. The van der Waals surface area contributed by atoms with Crippen molar-refractivity contribution in [2.75, 3.05) is 0 Å². The van der Waals surface area contributed by atoms with Gasteiger partial charge in [0.25, 0.3) is 0 Å². The number of halogens is 2. The van der Waals surface area contributed by atoms with Crippen molar-refractivity contribution >= 4 is 45.8 Å². The van der Waals surface area contributed by atoms with Gasteiger partial charge < -0.3 is 38.8 Å². The molecule has 13 nitrogen and oxygen atoms in total. The van der Waals surface area contributed by atoms with E-state index in [1.807, 2.05) is 0 Å². The highest BCUT2D eigenvalue weighted by Gasteiger charge is 2.01. The van der Waals surface area contributed by atoms with Crippen LogP contribution in [-0.2, 0) is 10.4 Å². The molecule has 0 atom stereocenters. The maximum Gasteiger partial charge on any atom is 0.394 e. The first-order valence-electron chi connectivity index (χ1n) is 4.37. The van der Waals surface area contributed by atoms with Crippen molar-refractivity contribution < 1.29 is 44.9 Å². The Hall–Kier alpha value is -1.59. The van der Waals surface area contributed by atoms with Crippen LogP contribution in [0.25, 0.3) is 0 Å². The first-order chi connectivity index (χ1) is 8.61. The van der Waals surface area contributed by atoms with Crippen molar-refractivity contribution in [2.45, 2.75) is 0 Å². The quantitative estimate of drug-likeness (QED) is 0.165. The number of hydrogen-bond acceptors (Lipinski definition) is 4. The third-order valence-corrected chi connectivity index (χ3v) is 2.02. The monoisotopic (exact) mass is 418 g/mol. The van der Waals surface area contributed by atoms with E-state index in [-0.39, 0.29) is 33.3 Å². The van der Waals surface area contributed by atoms with Crippen LogP contribution in [0.1, 0.15) is 5.56 Å². The summed E-state index contributed by atoms with van der Waals surface area (Å²) in [4.78, 5) is 0. The molecular weight excluding hydrogens is 399 g/mol. The lowest BCUT2D eigenvalue weighted by molar-refractivity contribution is 0.381. The maximum absolute atomic E-state index is 8.74. The average molecular weight is 419 g/mol. The summed E-state index contributed by atoms with van der Waals surface area (Å²) in [6, 6.07) is 5.14. The fraction of sp³-hybridized carbons (Fsp3) is 0. The van der Waals surface area contributed by atoms with Gasteiger partial charge in [-0.05, 0) is 12.1 Å². The van der Waals surface area contributed by atoms with Gasteiger partial charge in [0.15, 0.2) is 0 Å². The Bertz CT molecular complexity index is 565. The Morgan fingerprint density at radius 1 is 1.00 bits per heavy atom. The summed E-state index contributed by atoms with van der Waals surface area (Å²) in [6.07, 6.45) is 1.39. The molecule has 0 saturated carbocycles. The van der Waals surface area contributed by atoms with E-state index in [9.17, 15) is 0 Å². The number of rotatable bonds is 2. The zero-order valence-corrected chi connectivity index (χ0v) is 14.1. The molecule has 0 saturated heterocycles. The van der Waals surface area contributed by atoms with Crippen LogP contribution in [0.15, 0.2) is 28.4 Å². The molecule has 0 aliphatic carbocycles. The van der Waals surface area contributed by atoms with E-state index in [1.54, 1.807) is 18.2 Å². The molecule has 0 aliphatic rings. The standard InChI is InChI=1S/C8H8Cl2N4.H2O4S.5H2O/c9-6-2-1-3-7(10)5(6)4-13-14-8(11)12;1-5(2,3)4;;;;;/h1-4H,(H4,11,12,14);(H2,1,2,3,4);5*1H2/b13-4+;;;;;;. The number of hydrogen-bond donors (Lipinski definition) is 4. The molecule has 0 bridgehead atoms. The highest BCUT2D eigenvalue weighted by molar-refractivity contribution is 7.79. The van der Waals surface area contributed by atoms with E-state index in [0.29, 0.717) is 15.6 Å². The van der Waals surface area contributed by atoms with Crippen LogP contribution in [0, 0.1) is 0 Å². The van der Waals surface area contributed by atoms with Gasteiger partial charge in [-0.15, -0.1) is 5.10 Å². The maximum atomic E-state index is 8.74. The smallest absolute Gasteiger partial charge is 0.394 e. The fourth-order valence-electron chi connectivity index (χ4n) is 0.787. The Labute approximate surface area is 146 Å². The second kappa shape index (κ2) is 17.8. The lowest BCUT2D eigenvalue weighted by Gasteiger charge is -1.98. The molecular formula is C8H20Cl2N4O9S. The van der Waals surface area contributed by atoms with Crippen molar-refractivity contribution in [1.82, 2.24) is 0 Å². The second-order valence-electron chi connectivity index (χ2n) is 2.85. The van der Waals surface area contributed by atoms with Crippen molar-refractivity contribution in [1.29, 1.82) is 0 Å². The van der Waals surface area contributed by atoms with Crippen molar-refractivity contribution in [3.05, 3.63) is 33.8 Å². The molecule has 0 radical (unpaired) electrons. The predicted octanol–water partition coefficient (Wildman–Crippen LogP) is -3.18. The minimum atomic E-state index is -4.67. The van der Waals surface area contributed by atoms with Crippen LogP contribution in [-0.4, -0.2) is 57.1 Å². The molecule has 146 valence electrons. The second-order valence-corrected chi connectivity index (χ2v) is 4.56. The normalized spacial score (nSPS) is 8.50. The summed E-state index contributed by atoms with van der Waals surface area (Å²) < 4.78 is 31.6. The minimum Gasteiger partial charge on any atom is -0.412 e. The van der Waals surface area contributed by atoms with Crippen LogP contribution >= 0.6 is 23.2 Å². The topological polar surface area (TPSA) is 309 Å². The number of nitrogens with zero attached hydrogens (tertiary/aromatic N) is 2. The minimum absolute atomic E-state index is 0. The lowest BCUT2D eigenvalue weighted by atomic mass is 10.2. The molecule has 24 heavy (non-hydrogen) atoms. The van der Waals surface area contributed by atoms with E-state index < -0.39 is 10.4 Å². The van der Waals surface area contributed by atoms with Crippen molar-refractivity contribution in [2.24, 2.45) is 21.7 Å². The van der Waals surface area contributed by atoms with Gasteiger partial charge in [-0.2, -0.15) is 13.5 Å². The molecule has 0 aliphatic heterocycles. The van der Waals surface area contributed by atoms with Crippen LogP contribution in [0.4, 0.5) is 0 Å². The first kappa shape index (κ1) is 38.1. The summed E-state index contributed by atoms with van der Waals surface area (Å²) in [5.74, 6) is -0.121. The molecule has 0 aromatic heterocycles. The fourth-order valence-corrected chi connectivity index (χ4v) is 1.28. The lowest BCUT2D eigenvalue weighted by Crippen LogP contribution is -2.21. The average Bonchev–Trinajstić information content (AvgIpc) is 2.19. The highest BCUT2D eigenvalue weighted by Crippen LogP contribution is 2.22. The number of benzene rings is 1. The van der Waals surface area contributed by atoms with Gasteiger partial charge in [-0.1, -0.05) is 29.3 Å². The van der Waals surface area contributed by atoms with E-state index in [1.165, 1.54) is 6.21 Å². The highest BCUT2D eigenvalue weighted by atomic mass is 35.5. The Morgan fingerprint density at radius 2 is 1.33 bits per heavy atom.